The fraction of sp³-hybridized carbons (Fsp3) is 0.231. The van der Waals surface area contributed by atoms with Gasteiger partial charge in [-0.25, -0.2) is 13.1 Å². The quantitative estimate of drug-likeness (QED) is 0.756. The van der Waals surface area contributed by atoms with E-state index in [9.17, 15) is 8.42 Å². The standard InChI is InChI=1S/C13H13Br2NO2S2/c1-8-6-12(19-13(8)15)20(17,18)16-9(2)10-4-3-5-11(14)7-10/h3-7,9,16H,1-2H3. The summed E-state index contributed by atoms with van der Waals surface area (Å²) in [6, 6.07) is 8.97. The maximum Gasteiger partial charge on any atom is 0.250 e. The van der Waals surface area contributed by atoms with Gasteiger partial charge < -0.3 is 0 Å². The molecular formula is C13H13Br2NO2S2. The molecule has 7 heteroatoms. The molecule has 1 unspecified atom stereocenters. The van der Waals surface area contributed by atoms with Gasteiger partial charge in [-0.3, -0.25) is 0 Å². The molecule has 2 aromatic rings. The minimum absolute atomic E-state index is 0.293. The third-order valence-electron chi connectivity index (χ3n) is 2.78. The summed E-state index contributed by atoms with van der Waals surface area (Å²) in [5.41, 5.74) is 1.83. The molecule has 20 heavy (non-hydrogen) atoms. The molecule has 1 N–H and O–H groups in total. The summed E-state index contributed by atoms with van der Waals surface area (Å²) in [6.07, 6.45) is 0. The Morgan fingerprint density at radius 1 is 1.25 bits per heavy atom. The minimum Gasteiger partial charge on any atom is -0.206 e. The molecule has 0 radical (unpaired) electrons. The average Bonchev–Trinajstić information content (AvgIpc) is 2.70. The Morgan fingerprint density at radius 3 is 2.50 bits per heavy atom. The van der Waals surface area contributed by atoms with Gasteiger partial charge in [0.2, 0.25) is 0 Å². The van der Waals surface area contributed by atoms with E-state index in [1.807, 2.05) is 38.1 Å². The van der Waals surface area contributed by atoms with E-state index in [1.165, 1.54) is 11.3 Å². The van der Waals surface area contributed by atoms with Crippen molar-refractivity contribution in [1.82, 2.24) is 4.72 Å². The second-order valence-corrected chi connectivity index (χ2v) is 9.65. The molecule has 0 fully saturated rings. The maximum atomic E-state index is 12.3. The van der Waals surface area contributed by atoms with Crippen molar-refractivity contribution in [2.75, 3.05) is 0 Å². The van der Waals surface area contributed by atoms with Crippen LogP contribution in [0.4, 0.5) is 0 Å². The Morgan fingerprint density at radius 2 is 1.95 bits per heavy atom. The second kappa shape index (κ2) is 6.27. The third-order valence-corrected chi connectivity index (χ3v) is 7.42. The summed E-state index contributed by atoms with van der Waals surface area (Å²) < 4.78 is 29.5. The molecule has 1 aromatic heterocycles. The van der Waals surface area contributed by atoms with Crippen LogP contribution in [0.15, 0.2) is 42.8 Å². The smallest absolute Gasteiger partial charge is 0.206 e. The summed E-state index contributed by atoms with van der Waals surface area (Å²) >= 11 is 7.95. The van der Waals surface area contributed by atoms with Gasteiger partial charge in [0.05, 0.1) is 3.79 Å². The SMILES string of the molecule is Cc1cc(S(=O)(=O)NC(C)c2cccc(Br)c2)sc1Br. The summed E-state index contributed by atoms with van der Waals surface area (Å²) in [4.78, 5) is 0. The lowest BCUT2D eigenvalue weighted by Gasteiger charge is -2.14. The molecule has 0 saturated heterocycles. The number of hydrogen-bond donors (Lipinski definition) is 1. The number of aryl methyl sites for hydroxylation is 1. The van der Waals surface area contributed by atoms with Crippen molar-refractivity contribution < 1.29 is 8.42 Å². The van der Waals surface area contributed by atoms with Crippen LogP contribution >= 0.6 is 43.2 Å². The van der Waals surface area contributed by atoms with E-state index in [-0.39, 0.29) is 6.04 Å². The lowest BCUT2D eigenvalue weighted by Crippen LogP contribution is -2.26. The van der Waals surface area contributed by atoms with E-state index in [0.717, 1.165) is 19.4 Å². The van der Waals surface area contributed by atoms with Gasteiger partial charge >= 0.3 is 0 Å². The first-order valence-electron chi connectivity index (χ1n) is 5.83. The van der Waals surface area contributed by atoms with Crippen molar-refractivity contribution in [3.63, 3.8) is 0 Å². The normalized spacial score (nSPS) is 13.4. The fourth-order valence-electron chi connectivity index (χ4n) is 1.70. The summed E-state index contributed by atoms with van der Waals surface area (Å²) in [7, 11) is -3.50. The molecule has 3 nitrogen and oxygen atoms in total. The molecule has 108 valence electrons. The Labute approximate surface area is 139 Å². The number of sulfonamides is 1. The van der Waals surface area contributed by atoms with E-state index >= 15 is 0 Å². The molecule has 0 spiro atoms. The first kappa shape index (κ1) is 16.2. The van der Waals surface area contributed by atoms with Crippen molar-refractivity contribution in [1.29, 1.82) is 0 Å². The highest BCUT2D eigenvalue weighted by molar-refractivity contribution is 9.11. The van der Waals surface area contributed by atoms with Crippen LogP contribution in [-0.4, -0.2) is 8.42 Å². The zero-order valence-electron chi connectivity index (χ0n) is 10.9. The summed E-state index contributed by atoms with van der Waals surface area (Å²) in [5, 5.41) is 0. The zero-order valence-corrected chi connectivity index (χ0v) is 15.7. The average molecular weight is 439 g/mol. The van der Waals surface area contributed by atoms with Gasteiger partial charge in [0, 0.05) is 10.5 Å². The van der Waals surface area contributed by atoms with E-state index in [4.69, 9.17) is 0 Å². The van der Waals surface area contributed by atoms with E-state index in [1.54, 1.807) is 6.07 Å². The molecule has 0 saturated carbocycles. The van der Waals surface area contributed by atoms with Gasteiger partial charge in [-0.05, 0) is 59.1 Å². The topological polar surface area (TPSA) is 46.2 Å². The number of halogens is 2. The van der Waals surface area contributed by atoms with Crippen LogP contribution < -0.4 is 4.72 Å². The minimum atomic E-state index is -3.50. The second-order valence-electron chi connectivity index (χ2n) is 4.42. The first-order chi connectivity index (χ1) is 9.29. The molecule has 0 aliphatic heterocycles. The predicted octanol–water partition coefficient (Wildman–Crippen LogP) is 4.62. The number of nitrogens with one attached hydrogen (secondary N) is 1. The molecule has 1 aromatic carbocycles. The van der Waals surface area contributed by atoms with Crippen molar-refractivity contribution in [2.24, 2.45) is 0 Å². The zero-order chi connectivity index (χ0) is 14.9. The Kier molecular flexibility index (Phi) is 5.07. The molecule has 1 heterocycles. The molecule has 0 amide bonds. The number of thiophene rings is 1. The van der Waals surface area contributed by atoms with Gasteiger partial charge in [0.1, 0.15) is 4.21 Å². The van der Waals surface area contributed by atoms with Crippen molar-refractivity contribution >= 4 is 53.2 Å². The number of benzene rings is 1. The van der Waals surface area contributed by atoms with E-state index < -0.39 is 10.0 Å². The third kappa shape index (κ3) is 3.71. The highest BCUT2D eigenvalue weighted by atomic mass is 79.9. The summed E-state index contributed by atoms with van der Waals surface area (Å²) in [6.45, 7) is 3.70. The van der Waals surface area contributed by atoms with Crippen LogP contribution in [0.25, 0.3) is 0 Å². The van der Waals surface area contributed by atoms with Crippen molar-refractivity contribution in [3.05, 3.63) is 49.7 Å². The van der Waals surface area contributed by atoms with E-state index in [2.05, 4.69) is 36.6 Å². The number of rotatable bonds is 4. The van der Waals surface area contributed by atoms with Gasteiger partial charge in [0.15, 0.2) is 0 Å². The van der Waals surface area contributed by atoms with Crippen LogP contribution in [0.2, 0.25) is 0 Å². The van der Waals surface area contributed by atoms with Gasteiger partial charge in [-0.15, -0.1) is 11.3 Å². The van der Waals surface area contributed by atoms with Gasteiger partial charge in [-0.1, -0.05) is 28.1 Å². The molecule has 1 atom stereocenters. The number of hydrogen-bond acceptors (Lipinski definition) is 3. The monoisotopic (exact) mass is 437 g/mol. The van der Waals surface area contributed by atoms with E-state index in [0.29, 0.717) is 4.21 Å². The fourth-order valence-corrected chi connectivity index (χ4v) is 5.59. The first-order valence-corrected chi connectivity index (χ1v) is 9.72. The largest absolute Gasteiger partial charge is 0.250 e. The molecule has 0 aliphatic carbocycles. The Balaban J connectivity index is 2.24. The highest BCUT2D eigenvalue weighted by Gasteiger charge is 2.21. The van der Waals surface area contributed by atoms with Crippen molar-refractivity contribution in [3.8, 4) is 0 Å². The van der Waals surface area contributed by atoms with Crippen LogP contribution in [0, 0.1) is 6.92 Å². The lowest BCUT2D eigenvalue weighted by atomic mass is 10.1. The van der Waals surface area contributed by atoms with Crippen LogP contribution in [0.1, 0.15) is 24.1 Å². The van der Waals surface area contributed by atoms with Gasteiger partial charge in [0.25, 0.3) is 10.0 Å². The Bertz CT molecular complexity index is 706. The van der Waals surface area contributed by atoms with Crippen molar-refractivity contribution in [2.45, 2.75) is 24.1 Å². The molecule has 0 bridgehead atoms. The molecule has 2 rings (SSSR count). The lowest BCUT2D eigenvalue weighted by molar-refractivity contribution is 0.569. The highest BCUT2D eigenvalue weighted by Crippen LogP contribution is 2.31. The van der Waals surface area contributed by atoms with Crippen LogP contribution in [0.5, 0.6) is 0 Å². The molecular weight excluding hydrogens is 426 g/mol. The van der Waals surface area contributed by atoms with Crippen LogP contribution in [-0.2, 0) is 10.0 Å². The Hall–Kier alpha value is -0.210. The molecule has 0 aliphatic rings. The maximum absolute atomic E-state index is 12.3. The van der Waals surface area contributed by atoms with Gasteiger partial charge in [-0.2, -0.15) is 0 Å². The summed E-state index contributed by atoms with van der Waals surface area (Å²) in [5.74, 6) is 0. The van der Waals surface area contributed by atoms with Crippen LogP contribution in [0.3, 0.4) is 0 Å². The predicted molar refractivity (Wildman–Crippen MR) is 89.6 cm³/mol.